The number of morpholine rings is 1. The number of aliphatic imine (C=N–C) groups is 1. The van der Waals surface area contributed by atoms with Crippen LogP contribution in [0.2, 0.25) is 0 Å². The van der Waals surface area contributed by atoms with Crippen LogP contribution in [0, 0.1) is 0 Å². The van der Waals surface area contributed by atoms with Crippen molar-refractivity contribution in [1.29, 1.82) is 0 Å². The molecule has 2 rings (SSSR count). The summed E-state index contributed by atoms with van der Waals surface area (Å²) in [7, 11) is 0. The lowest BCUT2D eigenvalue weighted by Crippen LogP contribution is -2.60. The number of aliphatic carboxylic acids is 1. The van der Waals surface area contributed by atoms with Gasteiger partial charge in [-0.1, -0.05) is 6.92 Å². The maximum atomic E-state index is 8.89. The Morgan fingerprint density at radius 2 is 1.68 bits per heavy atom. The quantitative estimate of drug-likeness (QED) is 0.599. The number of carboxylic acid groups (broad SMARTS) is 1. The van der Waals surface area contributed by atoms with Gasteiger partial charge < -0.3 is 19.4 Å². The van der Waals surface area contributed by atoms with Crippen molar-refractivity contribution in [3.05, 3.63) is 0 Å². The molecule has 0 aromatic carbocycles. The molecule has 0 bridgehead atoms. The summed E-state index contributed by atoms with van der Waals surface area (Å²) in [6.45, 7) is 10.6. The zero-order valence-corrected chi connectivity index (χ0v) is 11.9. The molecule has 1 fully saturated rings. The number of carbonyl (C=O) groups is 1. The van der Waals surface area contributed by atoms with E-state index in [1.807, 2.05) is 0 Å². The summed E-state index contributed by atoms with van der Waals surface area (Å²) in [5.41, 5.74) is 0. The van der Waals surface area contributed by atoms with E-state index in [0.29, 0.717) is 0 Å². The second-order valence-electron chi connectivity index (χ2n) is 4.68. The second-order valence-corrected chi connectivity index (χ2v) is 4.68. The van der Waals surface area contributed by atoms with Crippen molar-refractivity contribution in [1.82, 2.24) is 0 Å². The number of carboxylic acids is 1. The molecule has 0 saturated carbocycles. The van der Waals surface area contributed by atoms with E-state index in [-0.39, 0.29) is 0 Å². The number of carbonyl (C=O) groups excluding carboxylic acids is 1. The van der Waals surface area contributed by atoms with E-state index in [1.165, 1.54) is 5.84 Å². The molecule has 1 spiro atoms. The summed E-state index contributed by atoms with van der Waals surface area (Å²) in [6, 6.07) is 0. The zero-order chi connectivity index (χ0) is 14.1. The monoisotopic (exact) mass is 272 g/mol. The fraction of sp³-hybridized carbons (Fsp3) is 0.846. The topological polar surface area (TPSA) is 71.0 Å². The van der Waals surface area contributed by atoms with Gasteiger partial charge in [0.15, 0.2) is 5.84 Å². The van der Waals surface area contributed by atoms with Crippen molar-refractivity contribution in [2.45, 2.75) is 20.3 Å². The van der Waals surface area contributed by atoms with E-state index in [1.54, 1.807) is 0 Å². The third-order valence-electron chi connectivity index (χ3n) is 3.38. The van der Waals surface area contributed by atoms with Crippen molar-refractivity contribution in [3.8, 4) is 0 Å². The minimum absolute atomic E-state index is 0.778. The first-order valence-corrected chi connectivity index (χ1v) is 6.84. The molecule has 19 heavy (non-hydrogen) atoms. The number of hydrogen-bond donors (Lipinski definition) is 0. The second kappa shape index (κ2) is 8.24. The molecule has 6 heteroatoms. The smallest absolute Gasteiger partial charge is 0.198 e. The predicted octanol–water partition coefficient (Wildman–Crippen LogP) is -0.572. The van der Waals surface area contributed by atoms with Gasteiger partial charge in [0.2, 0.25) is 0 Å². The number of amidine groups is 1. The summed E-state index contributed by atoms with van der Waals surface area (Å²) >= 11 is 0. The standard InChI is InChI=1S/C11H21N2O2.C2H4O2/c1-2-11-12-3-7-14-8-4-13(11)5-9-15-10-6-13;1-2(3)4/h2-10H2,1H3;1H3,(H,3,4)/q+1;/p-1. The van der Waals surface area contributed by atoms with E-state index in [0.717, 1.165) is 70.4 Å². The van der Waals surface area contributed by atoms with Gasteiger partial charge in [0.05, 0.1) is 33.0 Å². The van der Waals surface area contributed by atoms with Crippen LogP contribution in [0.1, 0.15) is 20.3 Å². The molecule has 2 heterocycles. The normalized spacial score (nSPS) is 22.5. The van der Waals surface area contributed by atoms with Crippen LogP contribution in [0.25, 0.3) is 0 Å². The van der Waals surface area contributed by atoms with E-state index in [9.17, 15) is 0 Å². The Morgan fingerprint density at radius 1 is 1.21 bits per heavy atom. The lowest BCUT2D eigenvalue weighted by molar-refractivity contribution is -0.853. The maximum Gasteiger partial charge on any atom is 0.198 e. The summed E-state index contributed by atoms with van der Waals surface area (Å²) in [5.74, 6) is 0.265. The van der Waals surface area contributed by atoms with Crippen molar-refractivity contribution in [2.24, 2.45) is 4.99 Å². The van der Waals surface area contributed by atoms with Crippen LogP contribution in [0.4, 0.5) is 0 Å². The van der Waals surface area contributed by atoms with Gasteiger partial charge in [0, 0.05) is 12.4 Å². The van der Waals surface area contributed by atoms with Crippen LogP contribution >= 0.6 is 0 Å². The van der Waals surface area contributed by atoms with Gasteiger partial charge in [-0.3, -0.25) is 4.48 Å². The lowest BCUT2D eigenvalue weighted by atomic mass is 10.2. The molecule has 1 saturated heterocycles. The molecule has 0 aromatic heterocycles. The fourth-order valence-electron chi connectivity index (χ4n) is 2.48. The average molecular weight is 272 g/mol. The van der Waals surface area contributed by atoms with Gasteiger partial charge in [0.1, 0.15) is 19.6 Å². The van der Waals surface area contributed by atoms with Gasteiger partial charge in [-0.25, -0.2) is 4.99 Å². The highest BCUT2D eigenvalue weighted by Crippen LogP contribution is 2.16. The number of rotatable bonds is 1. The molecule has 6 nitrogen and oxygen atoms in total. The first kappa shape index (κ1) is 16.1. The molecule has 0 radical (unpaired) electrons. The third-order valence-corrected chi connectivity index (χ3v) is 3.38. The first-order valence-electron chi connectivity index (χ1n) is 6.84. The molecular formula is C13H24N2O4. The Kier molecular flexibility index (Phi) is 6.97. The Labute approximate surface area is 114 Å². The Bertz CT molecular complexity index is 308. The third kappa shape index (κ3) is 5.26. The molecule has 0 atom stereocenters. The van der Waals surface area contributed by atoms with Crippen LogP contribution in [-0.4, -0.2) is 68.9 Å². The molecule has 0 unspecified atom stereocenters. The van der Waals surface area contributed by atoms with Crippen LogP contribution in [0.5, 0.6) is 0 Å². The number of hydrogen-bond acceptors (Lipinski definition) is 5. The Morgan fingerprint density at radius 3 is 2.16 bits per heavy atom. The molecule has 2 aliphatic rings. The minimum Gasteiger partial charge on any atom is -0.550 e. The van der Waals surface area contributed by atoms with Crippen LogP contribution in [0.3, 0.4) is 0 Å². The van der Waals surface area contributed by atoms with Crippen molar-refractivity contribution < 1.29 is 23.9 Å². The molecule has 0 N–H and O–H groups in total. The summed E-state index contributed by atoms with van der Waals surface area (Å²) < 4.78 is 12.0. The van der Waals surface area contributed by atoms with Crippen molar-refractivity contribution >= 4 is 11.8 Å². The fourth-order valence-corrected chi connectivity index (χ4v) is 2.48. The number of quaternary nitrogens is 1. The van der Waals surface area contributed by atoms with Gasteiger partial charge in [0.25, 0.3) is 0 Å². The van der Waals surface area contributed by atoms with Crippen LogP contribution in [0.15, 0.2) is 4.99 Å². The largest absolute Gasteiger partial charge is 0.550 e. The highest BCUT2D eigenvalue weighted by molar-refractivity contribution is 5.75. The van der Waals surface area contributed by atoms with Crippen LogP contribution < -0.4 is 5.11 Å². The van der Waals surface area contributed by atoms with E-state index in [4.69, 9.17) is 19.4 Å². The minimum atomic E-state index is -1.08. The molecule has 0 aromatic rings. The molecule has 0 amide bonds. The molecule has 110 valence electrons. The van der Waals surface area contributed by atoms with E-state index < -0.39 is 5.97 Å². The number of ether oxygens (including phenoxy) is 2. The SMILES string of the molecule is CC(=O)[O-].CCC1=NCCOCC[N+]12CCOCC2. The van der Waals surface area contributed by atoms with Gasteiger partial charge in [-0.2, -0.15) is 0 Å². The highest BCUT2D eigenvalue weighted by Gasteiger charge is 2.35. The van der Waals surface area contributed by atoms with Crippen molar-refractivity contribution in [3.63, 3.8) is 0 Å². The summed E-state index contributed by atoms with van der Waals surface area (Å²) in [5, 5.41) is 8.89. The first-order chi connectivity index (χ1) is 9.10. The van der Waals surface area contributed by atoms with E-state index >= 15 is 0 Å². The van der Waals surface area contributed by atoms with Crippen molar-refractivity contribution in [2.75, 3.05) is 52.6 Å². The number of nitrogens with zero attached hydrogens (tertiary/aromatic N) is 2. The van der Waals surface area contributed by atoms with Gasteiger partial charge in [-0.15, -0.1) is 0 Å². The van der Waals surface area contributed by atoms with Gasteiger partial charge in [-0.05, 0) is 6.92 Å². The Balaban J connectivity index is 0.000000399. The Hall–Kier alpha value is -0.980. The molecule has 0 aliphatic carbocycles. The molecular weight excluding hydrogens is 248 g/mol. The summed E-state index contributed by atoms with van der Waals surface area (Å²) in [4.78, 5) is 13.6. The maximum absolute atomic E-state index is 8.89. The average Bonchev–Trinajstić information content (AvgIpc) is 2.36. The highest BCUT2D eigenvalue weighted by atomic mass is 16.5. The van der Waals surface area contributed by atoms with E-state index in [2.05, 4.69) is 11.9 Å². The lowest BCUT2D eigenvalue weighted by Gasteiger charge is -2.41. The van der Waals surface area contributed by atoms with Crippen LogP contribution in [-0.2, 0) is 14.3 Å². The molecule has 2 aliphatic heterocycles. The predicted molar refractivity (Wildman–Crippen MR) is 69.8 cm³/mol. The zero-order valence-electron chi connectivity index (χ0n) is 11.9. The summed E-state index contributed by atoms with van der Waals surface area (Å²) in [6.07, 6.45) is 1.06. The van der Waals surface area contributed by atoms with Gasteiger partial charge >= 0.3 is 0 Å².